The normalized spacial score (nSPS) is 18.0. The van der Waals surface area contributed by atoms with Crippen molar-refractivity contribution in [1.29, 1.82) is 0 Å². The highest BCUT2D eigenvalue weighted by atomic mass is 16.4. The molecule has 1 rings (SSSR count). The van der Waals surface area contributed by atoms with Crippen LogP contribution in [0.15, 0.2) is 0 Å². The highest BCUT2D eigenvalue weighted by molar-refractivity contribution is 5.74. The van der Waals surface area contributed by atoms with Crippen LogP contribution < -0.4 is 10.6 Å². The number of carboxylic acid groups (broad SMARTS) is 1. The maximum atomic E-state index is 11.8. The molecule has 21 heavy (non-hydrogen) atoms. The van der Waals surface area contributed by atoms with Crippen molar-refractivity contribution in [2.75, 3.05) is 27.2 Å². The van der Waals surface area contributed by atoms with E-state index in [4.69, 9.17) is 5.11 Å². The third-order valence-corrected chi connectivity index (χ3v) is 4.41. The van der Waals surface area contributed by atoms with Crippen LogP contribution in [-0.4, -0.2) is 54.7 Å². The highest BCUT2D eigenvalue weighted by Gasteiger charge is 2.33. The SMILES string of the molecule is CN(C)C1(CNC(=O)NCCCC(=O)O)CCCCCC1. The molecule has 0 unspecified atom stereocenters. The minimum Gasteiger partial charge on any atom is -0.481 e. The summed E-state index contributed by atoms with van der Waals surface area (Å²) in [5.41, 5.74) is 0.0505. The molecule has 0 saturated heterocycles. The molecular formula is C15H29N3O3. The van der Waals surface area contributed by atoms with Gasteiger partial charge in [-0.2, -0.15) is 0 Å². The molecule has 0 atom stereocenters. The van der Waals surface area contributed by atoms with Gasteiger partial charge in [0.15, 0.2) is 0 Å². The monoisotopic (exact) mass is 299 g/mol. The molecule has 6 nitrogen and oxygen atoms in total. The van der Waals surface area contributed by atoms with Gasteiger partial charge in [-0.25, -0.2) is 4.79 Å². The van der Waals surface area contributed by atoms with Gasteiger partial charge in [0.2, 0.25) is 0 Å². The average Bonchev–Trinajstić information content (AvgIpc) is 2.67. The van der Waals surface area contributed by atoms with Crippen LogP contribution in [0.1, 0.15) is 51.4 Å². The number of hydrogen-bond acceptors (Lipinski definition) is 3. The van der Waals surface area contributed by atoms with E-state index < -0.39 is 5.97 Å². The van der Waals surface area contributed by atoms with Crippen LogP contribution in [0.4, 0.5) is 4.79 Å². The molecule has 0 bridgehead atoms. The Kier molecular flexibility index (Phi) is 7.50. The Morgan fingerprint density at radius 2 is 1.71 bits per heavy atom. The fourth-order valence-electron chi connectivity index (χ4n) is 2.92. The Morgan fingerprint density at radius 3 is 2.24 bits per heavy atom. The van der Waals surface area contributed by atoms with Crippen molar-refractivity contribution in [2.45, 2.75) is 56.9 Å². The van der Waals surface area contributed by atoms with Crippen LogP contribution in [0.5, 0.6) is 0 Å². The summed E-state index contributed by atoms with van der Waals surface area (Å²) in [6, 6.07) is -0.203. The molecule has 0 heterocycles. The summed E-state index contributed by atoms with van der Waals surface area (Å²) in [6.07, 6.45) is 7.73. The van der Waals surface area contributed by atoms with E-state index in [9.17, 15) is 9.59 Å². The van der Waals surface area contributed by atoms with Crippen molar-refractivity contribution in [1.82, 2.24) is 15.5 Å². The molecular weight excluding hydrogens is 270 g/mol. The summed E-state index contributed by atoms with van der Waals surface area (Å²) >= 11 is 0. The van der Waals surface area contributed by atoms with Gasteiger partial charge < -0.3 is 20.6 Å². The number of rotatable bonds is 7. The Balaban J connectivity index is 2.35. The van der Waals surface area contributed by atoms with Crippen LogP contribution in [0.25, 0.3) is 0 Å². The van der Waals surface area contributed by atoms with E-state index in [-0.39, 0.29) is 18.0 Å². The lowest BCUT2D eigenvalue weighted by Gasteiger charge is -2.39. The van der Waals surface area contributed by atoms with E-state index >= 15 is 0 Å². The topological polar surface area (TPSA) is 81.7 Å². The van der Waals surface area contributed by atoms with Gasteiger partial charge in [-0.1, -0.05) is 25.7 Å². The smallest absolute Gasteiger partial charge is 0.314 e. The van der Waals surface area contributed by atoms with Crippen molar-refractivity contribution in [2.24, 2.45) is 0 Å². The number of aliphatic carboxylic acids is 1. The van der Waals surface area contributed by atoms with E-state index in [0.29, 0.717) is 19.5 Å². The number of nitrogens with zero attached hydrogens (tertiary/aromatic N) is 1. The molecule has 0 aliphatic heterocycles. The zero-order chi connectivity index (χ0) is 15.7. The zero-order valence-corrected chi connectivity index (χ0v) is 13.3. The second-order valence-electron chi connectivity index (χ2n) is 6.14. The molecule has 1 saturated carbocycles. The minimum absolute atomic E-state index is 0.0505. The summed E-state index contributed by atoms with van der Waals surface area (Å²) in [6.45, 7) is 1.04. The first-order valence-electron chi connectivity index (χ1n) is 7.87. The lowest BCUT2D eigenvalue weighted by molar-refractivity contribution is -0.137. The third-order valence-electron chi connectivity index (χ3n) is 4.41. The number of likely N-dealkylation sites (N-methyl/N-ethyl adjacent to an activating group) is 1. The lowest BCUT2D eigenvalue weighted by Crippen LogP contribution is -2.54. The van der Waals surface area contributed by atoms with Gasteiger partial charge in [0.05, 0.1) is 0 Å². The quantitative estimate of drug-likeness (QED) is 0.494. The van der Waals surface area contributed by atoms with Gasteiger partial charge in [0.1, 0.15) is 0 Å². The number of nitrogens with one attached hydrogen (secondary N) is 2. The largest absolute Gasteiger partial charge is 0.481 e. The first kappa shape index (κ1) is 17.8. The van der Waals surface area contributed by atoms with E-state index in [0.717, 1.165) is 12.8 Å². The molecule has 0 spiro atoms. The van der Waals surface area contributed by atoms with Crippen molar-refractivity contribution in [3.63, 3.8) is 0 Å². The summed E-state index contributed by atoms with van der Waals surface area (Å²) in [7, 11) is 4.16. The molecule has 3 N–H and O–H groups in total. The van der Waals surface area contributed by atoms with Crippen LogP contribution in [0.2, 0.25) is 0 Å². The first-order valence-corrected chi connectivity index (χ1v) is 7.87. The summed E-state index contributed by atoms with van der Waals surface area (Å²) in [4.78, 5) is 24.4. The summed E-state index contributed by atoms with van der Waals surface area (Å²) in [5, 5.41) is 14.2. The van der Waals surface area contributed by atoms with Crippen molar-refractivity contribution < 1.29 is 14.7 Å². The van der Waals surface area contributed by atoms with Gasteiger partial charge in [-0.05, 0) is 33.4 Å². The van der Waals surface area contributed by atoms with Crippen LogP contribution in [0.3, 0.4) is 0 Å². The molecule has 1 aliphatic rings. The first-order chi connectivity index (χ1) is 9.96. The fraction of sp³-hybridized carbons (Fsp3) is 0.867. The van der Waals surface area contributed by atoms with Gasteiger partial charge in [-0.3, -0.25) is 4.79 Å². The zero-order valence-electron chi connectivity index (χ0n) is 13.3. The molecule has 1 aliphatic carbocycles. The molecule has 1 fully saturated rings. The van der Waals surface area contributed by atoms with E-state index in [2.05, 4.69) is 29.6 Å². The maximum absolute atomic E-state index is 11.8. The lowest BCUT2D eigenvalue weighted by atomic mass is 9.89. The van der Waals surface area contributed by atoms with Crippen molar-refractivity contribution >= 4 is 12.0 Å². The van der Waals surface area contributed by atoms with Gasteiger partial charge >= 0.3 is 12.0 Å². The number of carbonyl (C=O) groups is 2. The highest BCUT2D eigenvalue weighted by Crippen LogP contribution is 2.30. The van der Waals surface area contributed by atoms with Crippen LogP contribution >= 0.6 is 0 Å². The molecule has 0 radical (unpaired) electrons. The molecule has 0 aromatic heterocycles. The summed E-state index contributed by atoms with van der Waals surface area (Å²) in [5.74, 6) is -0.831. The Bertz CT molecular complexity index is 337. The van der Waals surface area contributed by atoms with Crippen LogP contribution in [-0.2, 0) is 4.79 Å². The predicted molar refractivity (Wildman–Crippen MR) is 82.4 cm³/mol. The Morgan fingerprint density at radius 1 is 1.10 bits per heavy atom. The van der Waals surface area contributed by atoms with Crippen LogP contribution in [0, 0.1) is 0 Å². The molecule has 0 aromatic rings. The van der Waals surface area contributed by atoms with E-state index in [1.165, 1.54) is 25.7 Å². The van der Waals surface area contributed by atoms with Gasteiger partial charge in [-0.15, -0.1) is 0 Å². The average molecular weight is 299 g/mol. The molecule has 0 aromatic carbocycles. The minimum atomic E-state index is -0.831. The van der Waals surface area contributed by atoms with E-state index in [1.807, 2.05) is 0 Å². The second kappa shape index (κ2) is 8.87. The van der Waals surface area contributed by atoms with Crippen molar-refractivity contribution in [3.8, 4) is 0 Å². The molecule has 6 heteroatoms. The summed E-state index contributed by atoms with van der Waals surface area (Å²) < 4.78 is 0. The second-order valence-corrected chi connectivity index (χ2v) is 6.14. The Labute approximate surface area is 127 Å². The van der Waals surface area contributed by atoms with Gasteiger partial charge in [0, 0.05) is 25.0 Å². The van der Waals surface area contributed by atoms with E-state index in [1.54, 1.807) is 0 Å². The number of carbonyl (C=O) groups excluding carboxylic acids is 1. The molecule has 2 amide bonds. The number of carboxylic acids is 1. The van der Waals surface area contributed by atoms with Crippen molar-refractivity contribution in [3.05, 3.63) is 0 Å². The maximum Gasteiger partial charge on any atom is 0.314 e. The van der Waals surface area contributed by atoms with Gasteiger partial charge in [0.25, 0.3) is 0 Å². The fourth-order valence-corrected chi connectivity index (χ4v) is 2.92. The molecule has 122 valence electrons. The number of amides is 2. The predicted octanol–water partition coefficient (Wildman–Crippen LogP) is 1.80. The Hall–Kier alpha value is -1.30. The number of urea groups is 1. The number of hydrogen-bond donors (Lipinski definition) is 3. The standard InChI is InChI=1S/C15H29N3O3/c1-18(2)15(9-5-3-4-6-10-15)12-17-14(21)16-11-7-8-13(19)20/h3-12H2,1-2H3,(H,19,20)(H2,16,17,21). The third kappa shape index (κ3) is 6.33.